The highest BCUT2D eigenvalue weighted by atomic mass is 32.2. The number of aryl methyl sites for hydroxylation is 1. The maximum atomic E-state index is 13.0. The van der Waals surface area contributed by atoms with Crippen LogP contribution in [0.1, 0.15) is 12.2 Å². The van der Waals surface area contributed by atoms with E-state index in [9.17, 15) is 24.3 Å². The molecule has 2 aromatic rings. The number of hydrogen-bond donors (Lipinski definition) is 4. The molecule has 0 saturated carbocycles. The second kappa shape index (κ2) is 12.1. The molecule has 4 rings (SSSR count). The van der Waals surface area contributed by atoms with E-state index in [1.807, 2.05) is 0 Å². The van der Waals surface area contributed by atoms with Crippen LogP contribution in [0.4, 0.5) is 5.13 Å². The molecule has 0 spiro atoms. The van der Waals surface area contributed by atoms with E-state index in [0.717, 1.165) is 28.2 Å². The number of aromatic nitrogens is 6. The van der Waals surface area contributed by atoms with Gasteiger partial charge >= 0.3 is 11.9 Å². The Morgan fingerprint density at radius 2 is 2.15 bits per heavy atom. The average Bonchev–Trinajstić information content (AvgIpc) is 3.54. The number of nitrogen functional groups attached to an aromatic ring is 1. The summed E-state index contributed by atoms with van der Waals surface area (Å²) in [6.45, 7) is -0.190. The molecular formula is C19H18N10O7S3. The van der Waals surface area contributed by atoms with Crippen LogP contribution in [-0.2, 0) is 30.6 Å². The third kappa shape index (κ3) is 6.10. The standard InChI is InChI=1S/C19H18N10O7S3/c1-2-5-36-24-10(13-22-18(20)39-25-13)14(32)21-11-15(33)29-12(17(34)35)8(6-37-16(11)29)7-38-19-23-26-27-28(19)4-3-9(30)31/h1,11,16H,3-7H2,(H,21,32)(H,30,31)(H,34,35)(H2,20,22,25)/t11?,16-/m1/s1. The van der Waals surface area contributed by atoms with Crippen LogP contribution in [0.3, 0.4) is 0 Å². The van der Waals surface area contributed by atoms with Gasteiger partial charge in [-0.3, -0.25) is 19.3 Å². The van der Waals surface area contributed by atoms with Crippen LogP contribution in [0, 0.1) is 12.3 Å². The summed E-state index contributed by atoms with van der Waals surface area (Å²) in [7, 11) is 0. The minimum absolute atomic E-state index is 0.0421. The molecule has 5 N–H and O–H groups in total. The lowest BCUT2D eigenvalue weighted by molar-refractivity contribution is -0.150. The molecule has 20 heteroatoms. The largest absolute Gasteiger partial charge is 0.481 e. The Hall–Kier alpha value is -4.22. The highest BCUT2D eigenvalue weighted by molar-refractivity contribution is 8.01. The number of nitrogens with zero attached hydrogens (tertiary/aromatic N) is 8. The average molecular weight is 595 g/mol. The molecule has 2 aliphatic heterocycles. The van der Waals surface area contributed by atoms with Crippen LogP contribution in [0.2, 0.25) is 0 Å². The van der Waals surface area contributed by atoms with Gasteiger partial charge in [-0.2, -0.15) is 9.36 Å². The fraction of sp³-hybridized carbons (Fsp3) is 0.368. The number of anilines is 1. The number of terminal acetylenes is 1. The monoisotopic (exact) mass is 594 g/mol. The fourth-order valence-electron chi connectivity index (χ4n) is 3.45. The zero-order valence-corrected chi connectivity index (χ0v) is 22.0. The van der Waals surface area contributed by atoms with Crippen molar-refractivity contribution in [1.82, 2.24) is 39.8 Å². The van der Waals surface area contributed by atoms with Crippen molar-refractivity contribution in [3.05, 3.63) is 17.1 Å². The number of carbonyl (C=O) groups is 4. The Morgan fingerprint density at radius 1 is 1.36 bits per heavy atom. The van der Waals surface area contributed by atoms with Crippen molar-refractivity contribution < 1.29 is 34.2 Å². The number of amides is 2. The topological polar surface area (TPSA) is 241 Å². The first-order valence-corrected chi connectivity index (χ1v) is 13.6. The Kier molecular flexibility index (Phi) is 8.62. The summed E-state index contributed by atoms with van der Waals surface area (Å²) in [4.78, 5) is 58.8. The lowest BCUT2D eigenvalue weighted by Crippen LogP contribution is -2.71. The van der Waals surface area contributed by atoms with E-state index in [1.165, 1.54) is 16.4 Å². The lowest BCUT2D eigenvalue weighted by atomic mass is 10.0. The summed E-state index contributed by atoms with van der Waals surface area (Å²) in [5.41, 5.74) is 5.47. The number of nitrogens with one attached hydrogen (secondary N) is 1. The van der Waals surface area contributed by atoms with Crippen molar-refractivity contribution in [3.8, 4) is 12.3 Å². The first-order chi connectivity index (χ1) is 18.7. The quantitative estimate of drug-likeness (QED) is 0.0544. The number of carboxylic acid groups (broad SMARTS) is 2. The zero-order valence-electron chi connectivity index (χ0n) is 19.6. The number of β-lactam (4-membered cyclic amide) rings is 1. The van der Waals surface area contributed by atoms with Crippen molar-refractivity contribution in [3.63, 3.8) is 0 Å². The van der Waals surface area contributed by atoms with Crippen molar-refractivity contribution in [1.29, 1.82) is 0 Å². The number of thioether (sulfide) groups is 2. The van der Waals surface area contributed by atoms with Gasteiger partial charge in [0.1, 0.15) is 17.1 Å². The molecule has 0 aliphatic carbocycles. The van der Waals surface area contributed by atoms with Crippen LogP contribution in [-0.4, -0.2) is 104 Å². The Bertz CT molecular complexity index is 1410. The van der Waals surface area contributed by atoms with Gasteiger partial charge in [-0.25, -0.2) is 9.48 Å². The molecule has 17 nitrogen and oxygen atoms in total. The zero-order chi connectivity index (χ0) is 28.1. The van der Waals surface area contributed by atoms with Gasteiger partial charge in [0.25, 0.3) is 11.8 Å². The van der Waals surface area contributed by atoms with Gasteiger partial charge in [-0.05, 0) is 16.0 Å². The van der Waals surface area contributed by atoms with Gasteiger partial charge in [0, 0.05) is 23.0 Å². The molecule has 0 radical (unpaired) electrons. The summed E-state index contributed by atoms with van der Waals surface area (Å²) in [5, 5.41) is 35.8. The number of hydrogen-bond acceptors (Lipinski definition) is 15. The first-order valence-electron chi connectivity index (χ1n) is 10.8. The molecule has 0 bridgehead atoms. The van der Waals surface area contributed by atoms with Gasteiger partial charge in [0.05, 0.1) is 13.0 Å². The smallest absolute Gasteiger partial charge is 0.352 e. The fourth-order valence-corrected chi connectivity index (χ4v) is 6.27. The SMILES string of the molecule is C#CCON=C(C(=O)NC1C(=O)N2C(C(=O)O)=C(CSc3nnnn3CCC(=O)O)CS[C@H]12)c1nsc(N)n1. The van der Waals surface area contributed by atoms with Crippen LogP contribution in [0.25, 0.3) is 0 Å². The molecular weight excluding hydrogens is 576 g/mol. The molecule has 204 valence electrons. The number of nitrogens with two attached hydrogens (primary N) is 1. The number of rotatable bonds is 12. The van der Waals surface area contributed by atoms with Gasteiger partial charge in [-0.15, -0.1) is 23.3 Å². The highest BCUT2D eigenvalue weighted by Crippen LogP contribution is 2.41. The number of oxime groups is 1. The molecule has 0 aromatic carbocycles. The Morgan fingerprint density at radius 3 is 2.82 bits per heavy atom. The predicted molar refractivity (Wildman–Crippen MR) is 136 cm³/mol. The first kappa shape index (κ1) is 27.8. The molecule has 2 aromatic heterocycles. The summed E-state index contributed by atoms with van der Waals surface area (Å²) >= 11 is 3.19. The lowest BCUT2D eigenvalue weighted by Gasteiger charge is -2.49. The van der Waals surface area contributed by atoms with Gasteiger partial charge in [0.15, 0.2) is 11.7 Å². The number of aliphatic carboxylic acids is 2. The van der Waals surface area contributed by atoms with Crippen molar-refractivity contribution in [2.75, 3.05) is 23.8 Å². The molecule has 1 saturated heterocycles. The van der Waals surface area contributed by atoms with Crippen LogP contribution < -0.4 is 11.1 Å². The highest BCUT2D eigenvalue weighted by Gasteiger charge is 2.54. The molecule has 2 atom stereocenters. The normalized spacial score (nSPS) is 18.7. The number of carbonyl (C=O) groups excluding carboxylic acids is 2. The molecule has 4 heterocycles. The van der Waals surface area contributed by atoms with E-state index in [0.29, 0.717) is 10.7 Å². The maximum Gasteiger partial charge on any atom is 0.352 e. The van der Waals surface area contributed by atoms with Gasteiger partial charge < -0.3 is 26.1 Å². The third-order valence-electron chi connectivity index (χ3n) is 5.12. The molecule has 1 fully saturated rings. The predicted octanol–water partition coefficient (Wildman–Crippen LogP) is -1.53. The van der Waals surface area contributed by atoms with Crippen LogP contribution >= 0.6 is 35.1 Å². The molecule has 39 heavy (non-hydrogen) atoms. The summed E-state index contributed by atoms with van der Waals surface area (Å²) < 4.78 is 5.23. The van der Waals surface area contributed by atoms with E-state index in [4.69, 9.17) is 22.1 Å². The second-order valence-corrected chi connectivity index (χ2v) is 10.4. The van der Waals surface area contributed by atoms with Crippen molar-refractivity contribution >= 4 is 69.7 Å². The second-order valence-electron chi connectivity index (χ2n) is 7.61. The minimum Gasteiger partial charge on any atom is -0.481 e. The maximum absolute atomic E-state index is 13.0. The summed E-state index contributed by atoms with van der Waals surface area (Å²) in [6, 6.07) is -1.05. The number of fused-ring (bicyclic) bond motifs is 1. The van der Waals surface area contributed by atoms with Gasteiger partial charge in [0.2, 0.25) is 16.7 Å². The van der Waals surface area contributed by atoms with Crippen LogP contribution in [0.15, 0.2) is 21.6 Å². The number of tetrazole rings is 1. The van der Waals surface area contributed by atoms with E-state index in [1.54, 1.807) is 0 Å². The molecule has 2 aliphatic rings. The summed E-state index contributed by atoms with van der Waals surface area (Å²) in [5.74, 6) is -1.36. The minimum atomic E-state index is -1.31. The molecule has 2 amide bonds. The Balaban J connectivity index is 1.47. The van der Waals surface area contributed by atoms with Crippen LogP contribution in [0.5, 0.6) is 0 Å². The molecule has 1 unspecified atom stereocenters. The Labute approximate surface area is 231 Å². The van der Waals surface area contributed by atoms with Crippen molar-refractivity contribution in [2.45, 2.75) is 29.5 Å². The van der Waals surface area contributed by atoms with E-state index >= 15 is 0 Å². The van der Waals surface area contributed by atoms with E-state index < -0.39 is 35.2 Å². The summed E-state index contributed by atoms with van der Waals surface area (Å²) in [6.07, 6.45) is 4.94. The van der Waals surface area contributed by atoms with E-state index in [2.05, 4.69) is 41.3 Å². The van der Waals surface area contributed by atoms with E-state index in [-0.39, 0.29) is 53.4 Å². The number of carboxylic acids is 2. The van der Waals surface area contributed by atoms with Crippen molar-refractivity contribution in [2.24, 2.45) is 5.16 Å². The third-order valence-corrected chi connectivity index (χ3v) is 8.05. The van der Waals surface area contributed by atoms with Gasteiger partial charge in [-0.1, -0.05) is 22.8 Å².